The average molecular weight is 219 g/mol. The maximum atomic E-state index is 11.7. The highest BCUT2D eigenvalue weighted by Gasteiger charge is 2.40. The lowest BCUT2D eigenvalue weighted by Crippen LogP contribution is -2.50. The SMILES string of the molecule is O=C1NC(=O)C2CN3CCCC=CC3=C2N1. The van der Waals surface area contributed by atoms with Gasteiger partial charge >= 0.3 is 6.03 Å². The van der Waals surface area contributed by atoms with Gasteiger partial charge in [-0.1, -0.05) is 6.08 Å². The predicted molar refractivity (Wildman–Crippen MR) is 57.1 cm³/mol. The fraction of sp³-hybridized carbons (Fsp3) is 0.455. The van der Waals surface area contributed by atoms with Gasteiger partial charge in [0.15, 0.2) is 0 Å². The van der Waals surface area contributed by atoms with E-state index in [0.29, 0.717) is 6.54 Å². The number of allylic oxidation sites excluding steroid dienone is 2. The normalized spacial score (nSPS) is 28.2. The Labute approximate surface area is 93.2 Å². The number of carbonyl (C=O) groups is 2. The van der Waals surface area contributed by atoms with Crippen LogP contribution in [0.2, 0.25) is 0 Å². The molecule has 1 atom stereocenters. The van der Waals surface area contributed by atoms with Gasteiger partial charge in [0.25, 0.3) is 0 Å². The van der Waals surface area contributed by atoms with E-state index in [1.165, 1.54) is 0 Å². The molecular formula is C11H13N3O2. The van der Waals surface area contributed by atoms with Crippen molar-refractivity contribution >= 4 is 11.9 Å². The van der Waals surface area contributed by atoms with Crippen molar-refractivity contribution in [3.63, 3.8) is 0 Å². The molecule has 1 unspecified atom stereocenters. The smallest absolute Gasteiger partial charge is 0.325 e. The van der Waals surface area contributed by atoms with E-state index in [1.54, 1.807) is 0 Å². The van der Waals surface area contributed by atoms with Gasteiger partial charge in [-0.15, -0.1) is 0 Å². The molecule has 0 aliphatic carbocycles. The highest BCUT2D eigenvalue weighted by molar-refractivity contribution is 6.01. The van der Waals surface area contributed by atoms with Gasteiger partial charge in [-0.05, 0) is 18.9 Å². The Balaban J connectivity index is 2.02. The number of amides is 3. The molecule has 5 heteroatoms. The number of imide groups is 1. The zero-order valence-electron chi connectivity index (χ0n) is 8.82. The van der Waals surface area contributed by atoms with Gasteiger partial charge < -0.3 is 10.2 Å². The maximum Gasteiger partial charge on any atom is 0.325 e. The molecule has 3 amide bonds. The summed E-state index contributed by atoms with van der Waals surface area (Å²) in [6.45, 7) is 1.63. The molecule has 0 spiro atoms. The van der Waals surface area contributed by atoms with Crippen molar-refractivity contribution < 1.29 is 9.59 Å². The molecule has 16 heavy (non-hydrogen) atoms. The molecule has 1 fully saturated rings. The lowest BCUT2D eigenvalue weighted by molar-refractivity contribution is -0.123. The molecule has 0 radical (unpaired) electrons. The molecular weight excluding hydrogens is 206 g/mol. The van der Waals surface area contributed by atoms with Crippen LogP contribution in [0.15, 0.2) is 23.5 Å². The molecule has 0 aromatic heterocycles. The van der Waals surface area contributed by atoms with Crippen LogP contribution >= 0.6 is 0 Å². The number of hydrogen-bond acceptors (Lipinski definition) is 3. The molecule has 0 saturated carbocycles. The Bertz CT molecular complexity index is 425. The second-order valence-electron chi connectivity index (χ2n) is 4.29. The van der Waals surface area contributed by atoms with E-state index in [4.69, 9.17) is 0 Å². The van der Waals surface area contributed by atoms with E-state index in [9.17, 15) is 9.59 Å². The van der Waals surface area contributed by atoms with Gasteiger partial charge in [0.2, 0.25) is 5.91 Å². The van der Waals surface area contributed by atoms with Crippen molar-refractivity contribution in [1.29, 1.82) is 0 Å². The molecule has 1 saturated heterocycles. The van der Waals surface area contributed by atoms with Crippen molar-refractivity contribution in [1.82, 2.24) is 15.5 Å². The standard InChI is InChI=1S/C11H13N3O2/c15-10-7-6-14-5-3-1-2-4-8(14)9(7)12-11(16)13-10/h2,4,7H,1,3,5-6H2,(H2,12,13,15,16). The molecule has 5 nitrogen and oxygen atoms in total. The minimum Gasteiger partial charge on any atom is -0.369 e. The summed E-state index contributed by atoms with van der Waals surface area (Å²) in [7, 11) is 0. The van der Waals surface area contributed by atoms with Crippen LogP contribution in [0.4, 0.5) is 4.79 Å². The van der Waals surface area contributed by atoms with Gasteiger partial charge in [-0.3, -0.25) is 10.1 Å². The first-order chi connectivity index (χ1) is 7.75. The third-order valence-corrected chi connectivity index (χ3v) is 3.24. The number of fused-ring (bicyclic) bond motifs is 2. The van der Waals surface area contributed by atoms with Crippen molar-refractivity contribution in [3.8, 4) is 0 Å². The summed E-state index contributed by atoms with van der Waals surface area (Å²) in [4.78, 5) is 25.1. The maximum absolute atomic E-state index is 11.7. The van der Waals surface area contributed by atoms with E-state index in [2.05, 4.69) is 21.6 Å². The van der Waals surface area contributed by atoms with Crippen LogP contribution in [0.3, 0.4) is 0 Å². The first kappa shape index (κ1) is 9.45. The van der Waals surface area contributed by atoms with E-state index in [0.717, 1.165) is 30.8 Å². The van der Waals surface area contributed by atoms with Crippen molar-refractivity contribution in [3.05, 3.63) is 23.5 Å². The third-order valence-electron chi connectivity index (χ3n) is 3.24. The summed E-state index contributed by atoms with van der Waals surface area (Å²) < 4.78 is 0. The molecule has 0 aromatic carbocycles. The van der Waals surface area contributed by atoms with Crippen molar-refractivity contribution in [2.24, 2.45) is 5.92 Å². The van der Waals surface area contributed by atoms with Gasteiger partial charge in [0.1, 0.15) is 0 Å². The largest absolute Gasteiger partial charge is 0.369 e. The molecule has 3 aliphatic heterocycles. The minimum atomic E-state index is -0.414. The molecule has 0 bridgehead atoms. The Hall–Kier alpha value is -1.78. The first-order valence-corrected chi connectivity index (χ1v) is 5.53. The Morgan fingerprint density at radius 1 is 1.31 bits per heavy atom. The second-order valence-corrected chi connectivity index (χ2v) is 4.29. The van der Waals surface area contributed by atoms with E-state index < -0.39 is 6.03 Å². The molecule has 3 heterocycles. The fourth-order valence-electron chi connectivity index (χ4n) is 2.48. The Morgan fingerprint density at radius 3 is 3.06 bits per heavy atom. The van der Waals surface area contributed by atoms with E-state index >= 15 is 0 Å². The molecule has 3 rings (SSSR count). The number of hydrogen-bond donors (Lipinski definition) is 2. The second kappa shape index (κ2) is 3.37. The molecule has 0 aromatic rings. The highest BCUT2D eigenvalue weighted by Crippen LogP contribution is 2.31. The summed E-state index contributed by atoms with van der Waals surface area (Å²) in [5, 5.41) is 5.05. The molecule has 84 valence electrons. The highest BCUT2D eigenvalue weighted by atomic mass is 16.2. The fourth-order valence-corrected chi connectivity index (χ4v) is 2.48. The molecule has 2 N–H and O–H groups in total. The minimum absolute atomic E-state index is 0.187. The number of nitrogens with zero attached hydrogens (tertiary/aromatic N) is 1. The van der Waals surface area contributed by atoms with Crippen LogP contribution in [0.1, 0.15) is 12.8 Å². The zero-order chi connectivity index (χ0) is 11.1. The van der Waals surface area contributed by atoms with Gasteiger partial charge in [-0.2, -0.15) is 0 Å². The van der Waals surface area contributed by atoms with Gasteiger partial charge in [0.05, 0.1) is 17.3 Å². The van der Waals surface area contributed by atoms with E-state index in [1.807, 2.05) is 6.08 Å². The number of rotatable bonds is 0. The summed E-state index contributed by atoms with van der Waals surface area (Å²) in [6, 6.07) is -0.414. The number of urea groups is 1. The summed E-state index contributed by atoms with van der Waals surface area (Å²) in [5.41, 5.74) is 1.78. The van der Waals surface area contributed by atoms with E-state index in [-0.39, 0.29) is 11.8 Å². The van der Waals surface area contributed by atoms with Crippen LogP contribution < -0.4 is 10.6 Å². The van der Waals surface area contributed by atoms with Crippen LogP contribution in [0.25, 0.3) is 0 Å². The number of carbonyl (C=O) groups excluding carboxylic acids is 2. The quantitative estimate of drug-likeness (QED) is 0.616. The average Bonchev–Trinajstić information content (AvgIpc) is 2.46. The molecule has 3 aliphatic rings. The Kier molecular flexibility index (Phi) is 1.99. The van der Waals surface area contributed by atoms with Crippen LogP contribution in [-0.4, -0.2) is 29.9 Å². The van der Waals surface area contributed by atoms with Crippen molar-refractivity contribution in [2.75, 3.05) is 13.1 Å². The summed E-state index contributed by atoms with van der Waals surface area (Å²) in [5.74, 6) is -0.400. The summed E-state index contributed by atoms with van der Waals surface area (Å²) >= 11 is 0. The monoisotopic (exact) mass is 219 g/mol. The van der Waals surface area contributed by atoms with Gasteiger partial charge in [-0.25, -0.2) is 4.79 Å². The van der Waals surface area contributed by atoms with Crippen molar-refractivity contribution in [2.45, 2.75) is 12.8 Å². The lowest BCUT2D eigenvalue weighted by Gasteiger charge is -2.20. The van der Waals surface area contributed by atoms with Gasteiger partial charge in [0, 0.05) is 13.1 Å². The predicted octanol–water partition coefficient (Wildman–Crippen LogP) is 0.319. The number of nitrogens with one attached hydrogen (secondary N) is 2. The first-order valence-electron chi connectivity index (χ1n) is 5.53. The summed E-state index contributed by atoms with van der Waals surface area (Å²) in [6.07, 6.45) is 6.26. The topological polar surface area (TPSA) is 61.4 Å². The zero-order valence-corrected chi connectivity index (χ0v) is 8.82. The van der Waals surface area contributed by atoms with Crippen LogP contribution in [0, 0.1) is 5.92 Å². The van der Waals surface area contributed by atoms with Crippen LogP contribution in [-0.2, 0) is 4.79 Å². The lowest BCUT2D eigenvalue weighted by atomic mass is 10.0. The van der Waals surface area contributed by atoms with Crippen LogP contribution in [0.5, 0.6) is 0 Å². The Morgan fingerprint density at radius 2 is 2.19 bits per heavy atom. The third kappa shape index (κ3) is 1.31.